The zero-order chi connectivity index (χ0) is 13.3. The van der Waals surface area contributed by atoms with Gasteiger partial charge in [-0.2, -0.15) is 0 Å². The predicted octanol–water partition coefficient (Wildman–Crippen LogP) is 2.54. The monoisotopic (exact) mass is 262 g/mol. The maximum Gasteiger partial charge on any atom is 0.0431 e. The van der Waals surface area contributed by atoms with Gasteiger partial charge >= 0.3 is 0 Å². The summed E-state index contributed by atoms with van der Waals surface area (Å²) in [7, 11) is 0. The fraction of sp³-hybridized carbons (Fsp3) is 0.625. The van der Waals surface area contributed by atoms with Crippen molar-refractivity contribution in [1.82, 2.24) is 5.32 Å². The summed E-state index contributed by atoms with van der Waals surface area (Å²) in [6.07, 6.45) is 5.97. The Morgan fingerprint density at radius 3 is 2.42 bits per heavy atom. The zero-order valence-electron chi connectivity index (χ0n) is 11.8. The zero-order valence-corrected chi connectivity index (χ0v) is 11.8. The molecule has 0 aromatic heterocycles. The van der Waals surface area contributed by atoms with Gasteiger partial charge in [-0.3, -0.25) is 0 Å². The molecule has 1 aliphatic rings. The molecule has 106 valence electrons. The molecule has 1 fully saturated rings. The first-order valence-corrected chi connectivity index (χ1v) is 7.55. The van der Waals surface area contributed by atoms with Crippen LogP contribution in [0, 0.1) is 0 Å². The third kappa shape index (κ3) is 4.84. The number of unbranched alkanes of at least 4 members (excludes halogenated alkanes) is 1. The van der Waals surface area contributed by atoms with Gasteiger partial charge in [0.2, 0.25) is 0 Å². The van der Waals surface area contributed by atoms with Crippen molar-refractivity contribution in [3.8, 4) is 0 Å². The van der Waals surface area contributed by atoms with Crippen LogP contribution < -0.4 is 10.2 Å². The molecule has 0 radical (unpaired) electrons. The molecule has 1 saturated heterocycles. The number of hydrogen-bond donors (Lipinski definition) is 2. The van der Waals surface area contributed by atoms with Gasteiger partial charge in [0.05, 0.1) is 0 Å². The Morgan fingerprint density at radius 2 is 1.74 bits per heavy atom. The highest BCUT2D eigenvalue weighted by atomic mass is 16.2. The van der Waals surface area contributed by atoms with Gasteiger partial charge in [-0.15, -0.1) is 0 Å². The van der Waals surface area contributed by atoms with Gasteiger partial charge in [-0.25, -0.2) is 0 Å². The Balaban J connectivity index is 1.74. The number of anilines is 1. The van der Waals surface area contributed by atoms with Crippen molar-refractivity contribution >= 4 is 5.69 Å². The SMILES string of the molecule is OCCCCNCc1ccc(N2CCCCC2)cc1. The molecule has 0 unspecified atom stereocenters. The summed E-state index contributed by atoms with van der Waals surface area (Å²) < 4.78 is 0. The molecule has 2 rings (SSSR count). The molecule has 1 aromatic carbocycles. The van der Waals surface area contributed by atoms with Gasteiger partial charge in [0, 0.05) is 31.9 Å². The summed E-state index contributed by atoms with van der Waals surface area (Å²) in [6, 6.07) is 8.94. The lowest BCUT2D eigenvalue weighted by molar-refractivity contribution is 0.283. The first kappa shape index (κ1) is 14.4. The van der Waals surface area contributed by atoms with Crippen molar-refractivity contribution in [2.45, 2.75) is 38.6 Å². The maximum atomic E-state index is 8.70. The van der Waals surface area contributed by atoms with Crippen molar-refractivity contribution in [3.05, 3.63) is 29.8 Å². The van der Waals surface area contributed by atoms with Gasteiger partial charge in [-0.05, 0) is 56.3 Å². The molecule has 0 amide bonds. The number of benzene rings is 1. The first-order valence-electron chi connectivity index (χ1n) is 7.55. The van der Waals surface area contributed by atoms with Crippen molar-refractivity contribution in [1.29, 1.82) is 0 Å². The number of aliphatic hydroxyl groups is 1. The smallest absolute Gasteiger partial charge is 0.0431 e. The van der Waals surface area contributed by atoms with E-state index in [0.717, 1.165) is 25.9 Å². The molecular weight excluding hydrogens is 236 g/mol. The van der Waals surface area contributed by atoms with E-state index in [-0.39, 0.29) is 0 Å². The molecule has 0 bridgehead atoms. The fourth-order valence-electron chi connectivity index (χ4n) is 2.57. The summed E-state index contributed by atoms with van der Waals surface area (Å²) in [5.74, 6) is 0. The average molecular weight is 262 g/mol. The van der Waals surface area contributed by atoms with Gasteiger partial charge in [0.25, 0.3) is 0 Å². The average Bonchev–Trinajstić information content (AvgIpc) is 2.49. The quantitative estimate of drug-likeness (QED) is 0.741. The molecule has 1 aliphatic heterocycles. The highest BCUT2D eigenvalue weighted by molar-refractivity contribution is 5.47. The maximum absolute atomic E-state index is 8.70. The molecule has 3 nitrogen and oxygen atoms in total. The van der Waals surface area contributed by atoms with Gasteiger partial charge in [0.15, 0.2) is 0 Å². The highest BCUT2D eigenvalue weighted by Gasteiger charge is 2.10. The number of aliphatic hydroxyl groups excluding tert-OH is 1. The van der Waals surface area contributed by atoms with Gasteiger partial charge < -0.3 is 15.3 Å². The lowest BCUT2D eigenvalue weighted by Gasteiger charge is -2.28. The molecule has 1 heterocycles. The molecular formula is C16H26N2O. The molecule has 1 aromatic rings. The molecule has 2 N–H and O–H groups in total. The van der Waals surface area contributed by atoms with Crippen LogP contribution in [0.3, 0.4) is 0 Å². The Labute approximate surface area is 116 Å². The third-order valence-corrected chi connectivity index (χ3v) is 3.75. The third-order valence-electron chi connectivity index (χ3n) is 3.75. The Hall–Kier alpha value is -1.06. The molecule has 19 heavy (non-hydrogen) atoms. The predicted molar refractivity (Wildman–Crippen MR) is 80.5 cm³/mol. The Morgan fingerprint density at radius 1 is 1.00 bits per heavy atom. The lowest BCUT2D eigenvalue weighted by Crippen LogP contribution is -2.29. The topological polar surface area (TPSA) is 35.5 Å². The van der Waals surface area contributed by atoms with E-state index in [4.69, 9.17) is 5.11 Å². The second-order valence-electron chi connectivity index (χ2n) is 5.32. The van der Waals surface area contributed by atoms with E-state index in [9.17, 15) is 0 Å². The lowest BCUT2D eigenvalue weighted by atomic mass is 10.1. The molecule has 0 aliphatic carbocycles. The summed E-state index contributed by atoms with van der Waals surface area (Å²) in [5.41, 5.74) is 2.70. The highest BCUT2D eigenvalue weighted by Crippen LogP contribution is 2.20. The van der Waals surface area contributed by atoms with E-state index >= 15 is 0 Å². The number of rotatable bonds is 7. The van der Waals surface area contributed by atoms with Crippen LogP contribution in [0.4, 0.5) is 5.69 Å². The molecule has 0 saturated carbocycles. The molecule has 0 atom stereocenters. The summed E-state index contributed by atoms with van der Waals surface area (Å²) in [5, 5.41) is 12.1. The minimum Gasteiger partial charge on any atom is -0.396 e. The molecule has 3 heteroatoms. The Bertz CT molecular complexity index is 344. The summed E-state index contributed by atoms with van der Waals surface area (Å²) in [4.78, 5) is 2.49. The van der Waals surface area contributed by atoms with Crippen LogP contribution in [0.15, 0.2) is 24.3 Å². The van der Waals surface area contributed by atoms with Crippen LogP contribution in [0.5, 0.6) is 0 Å². The number of piperidine rings is 1. The van der Waals surface area contributed by atoms with Crippen molar-refractivity contribution in [2.75, 3.05) is 31.1 Å². The largest absolute Gasteiger partial charge is 0.396 e. The van der Waals surface area contributed by atoms with E-state index in [1.165, 1.54) is 43.6 Å². The minimum absolute atomic E-state index is 0.298. The number of hydrogen-bond acceptors (Lipinski definition) is 3. The van der Waals surface area contributed by atoms with Crippen LogP contribution in [0.1, 0.15) is 37.7 Å². The van der Waals surface area contributed by atoms with Crippen LogP contribution >= 0.6 is 0 Å². The second kappa shape index (κ2) is 8.18. The van der Waals surface area contributed by atoms with E-state index in [1.54, 1.807) is 0 Å². The van der Waals surface area contributed by atoms with Crippen molar-refractivity contribution in [2.24, 2.45) is 0 Å². The van der Waals surface area contributed by atoms with Crippen LogP contribution in [0.2, 0.25) is 0 Å². The van der Waals surface area contributed by atoms with E-state index in [1.807, 2.05) is 0 Å². The van der Waals surface area contributed by atoms with E-state index in [0.29, 0.717) is 6.61 Å². The fourth-order valence-corrected chi connectivity index (χ4v) is 2.57. The Kier molecular flexibility index (Phi) is 6.18. The normalized spacial score (nSPS) is 15.7. The second-order valence-corrected chi connectivity index (χ2v) is 5.32. The number of nitrogens with one attached hydrogen (secondary N) is 1. The molecule has 0 spiro atoms. The van der Waals surface area contributed by atoms with Gasteiger partial charge in [0.1, 0.15) is 0 Å². The number of nitrogens with zero attached hydrogens (tertiary/aromatic N) is 1. The summed E-state index contributed by atoms with van der Waals surface area (Å²) in [6.45, 7) is 4.61. The van der Waals surface area contributed by atoms with Crippen LogP contribution in [-0.4, -0.2) is 31.3 Å². The van der Waals surface area contributed by atoms with Crippen molar-refractivity contribution < 1.29 is 5.11 Å². The standard InChI is InChI=1S/C16H26N2O/c19-13-5-2-10-17-14-15-6-8-16(9-7-15)18-11-3-1-4-12-18/h6-9,17,19H,1-5,10-14H2. The van der Waals surface area contributed by atoms with Crippen LogP contribution in [-0.2, 0) is 6.54 Å². The van der Waals surface area contributed by atoms with Crippen LogP contribution in [0.25, 0.3) is 0 Å². The summed E-state index contributed by atoms with van der Waals surface area (Å²) >= 11 is 0. The first-order chi connectivity index (χ1) is 9.40. The van der Waals surface area contributed by atoms with E-state index < -0.39 is 0 Å². The van der Waals surface area contributed by atoms with E-state index in [2.05, 4.69) is 34.5 Å². The van der Waals surface area contributed by atoms with Gasteiger partial charge in [-0.1, -0.05) is 12.1 Å². The van der Waals surface area contributed by atoms with Crippen molar-refractivity contribution in [3.63, 3.8) is 0 Å². The minimum atomic E-state index is 0.298.